The van der Waals surface area contributed by atoms with Crippen LogP contribution in [0.3, 0.4) is 0 Å². The molecule has 0 radical (unpaired) electrons. The average molecular weight is 467 g/mol. The summed E-state index contributed by atoms with van der Waals surface area (Å²) in [6, 6.07) is 3.96. The van der Waals surface area contributed by atoms with Crippen molar-refractivity contribution in [3.63, 3.8) is 0 Å². The Morgan fingerprint density at radius 3 is 2.44 bits per heavy atom. The highest BCUT2D eigenvalue weighted by molar-refractivity contribution is 5.97. The molecule has 0 spiro atoms. The van der Waals surface area contributed by atoms with Crippen molar-refractivity contribution in [1.29, 1.82) is 5.41 Å². The van der Waals surface area contributed by atoms with Crippen molar-refractivity contribution in [2.45, 2.75) is 79.6 Å². The van der Waals surface area contributed by atoms with E-state index in [1.807, 2.05) is 19.2 Å². The Balaban J connectivity index is 0.00000182. The van der Waals surface area contributed by atoms with Gasteiger partial charge in [0.05, 0.1) is 13.2 Å². The fourth-order valence-electron chi connectivity index (χ4n) is 4.15. The van der Waals surface area contributed by atoms with Gasteiger partial charge in [-0.25, -0.2) is 0 Å². The van der Waals surface area contributed by atoms with Gasteiger partial charge in [-0.05, 0) is 79.9 Å². The minimum absolute atomic E-state index is 0.584. The zero-order chi connectivity index (χ0) is 25.5. The van der Waals surface area contributed by atoms with Gasteiger partial charge in [-0.2, -0.15) is 0 Å². The highest BCUT2D eigenvalue weighted by Crippen LogP contribution is 2.41. The molecule has 0 bridgehead atoms. The van der Waals surface area contributed by atoms with E-state index in [1.54, 1.807) is 7.11 Å². The molecule has 188 valence electrons. The van der Waals surface area contributed by atoms with Crippen molar-refractivity contribution in [3.05, 3.63) is 57.3 Å². The van der Waals surface area contributed by atoms with Crippen molar-refractivity contribution < 1.29 is 4.74 Å². The number of methoxy groups -OCH3 is 1. The van der Waals surface area contributed by atoms with Crippen LogP contribution in [0.5, 0.6) is 0 Å². The molecule has 0 saturated heterocycles. The molecule has 5 heteroatoms. The summed E-state index contributed by atoms with van der Waals surface area (Å²) in [6.45, 7) is 11.7. The topological polar surface area (TPSA) is 97.5 Å². The van der Waals surface area contributed by atoms with Crippen LogP contribution in [0.25, 0.3) is 5.57 Å². The first-order valence-electron chi connectivity index (χ1n) is 12.7. The minimum Gasteiger partial charge on any atom is -0.402 e. The van der Waals surface area contributed by atoms with Crippen LogP contribution in [0.15, 0.2) is 45.6 Å². The Bertz CT molecular complexity index is 918. The molecule has 1 aromatic rings. The Hall–Kier alpha value is -2.66. The van der Waals surface area contributed by atoms with Crippen LogP contribution in [0, 0.1) is 12.3 Å². The number of ether oxygens (including phenoxy) is 1. The quantitative estimate of drug-likeness (QED) is 0.150. The number of aryl methyl sites for hydroxylation is 1. The van der Waals surface area contributed by atoms with E-state index in [1.165, 1.54) is 29.4 Å². The normalized spacial score (nSPS) is 15.2. The van der Waals surface area contributed by atoms with Crippen LogP contribution in [-0.2, 0) is 4.74 Å². The van der Waals surface area contributed by atoms with Gasteiger partial charge in [0.15, 0.2) is 0 Å². The molecule has 5 N–H and O–H groups in total. The minimum atomic E-state index is 0.584. The van der Waals surface area contributed by atoms with Gasteiger partial charge in [0, 0.05) is 42.1 Å². The molecular formula is C29H46N4O. The van der Waals surface area contributed by atoms with Crippen LogP contribution in [0.2, 0.25) is 0 Å². The van der Waals surface area contributed by atoms with Gasteiger partial charge < -0.3 is 21.6 Å². The Morgan fingerprint density at radius 2 is 1.85 bits per heavy atom. The predicted octanol–water partition coefficient (Wildman–Crippen LogP) is 7.00. The van der Waals surface area contributed by atoms with Crippen LogP contribution in [0.4, 0.5) is 5.69 Å². The van der Waals surface area contributed by atoms with Crippen molar-refractivity contribution in [2.24, 2.45) is 10.7 Å². The number of rotatable bonds is 10. The number of allylic oxidation sites excluding steroid dienone is 6. The Kier molecular flexibility index (Phi) is 13.9. The van der Waals surface area contributed by atoms with Crippen LogP contribution in [0.1, 0.15) is 89.3 Å². The molecule has 0 saturated carbocycles. The van der Waals surface area contributed by atoms with E-state index in [2.05, 4.69) is 44.8 Å². The molecule has 0 unspecified atom stereocenters. The van der Waals surface area contributed by atoms with E-state index in [0.29, 0.717) is 18.8 Å². The Morgan fingerprint density at radius 1 is 1.18 bits per heavy atom. The highest BCUT2D eigenvalue weighted by Gasteiger charge is 2.23. The van der Waals surface area contributed by atoms with Crippen LogP contribution in [-0.4, -0.2) is 32.7 Å². The number of anilines is 1. The van der Waals surface area contributed by atoms with Crippen LogP contribution < -0.4 is 11.5 Å². The second kappa shape index (κ2) is 16.0. The largest absolute Gasteiger partial charge is 0.402 e. The molecule has 0 heterocycles. The number of nitrogens with zero attached hydrogens (tertiary/aromatic N) is 1. The molecule has 5 nitrogen and oxygen atoms in total. The first-order chi connectivity index (χ1) is 16.4. The second-order valence-electron chi connectivity index (χ2n) is 8.81. The monoisotopic (exact) mass is 466 g/mol. The van der Waals surface area contributed by atoms with Gasteiger partial charge in [-0.1, -0.05) is 45.8 Å². The van der Waals surface area contributed by atoms with Gasteiger partial charge in [-0.15, -0.1) is 0 Å². The lowest BCUT2D eigenvalue weighted by Crippen LogP contribution is -2.11. The van der Waals surface area contributed by atoms with E-state index in [-0.39, 0.29) is 0 Å². The molecular weight excluding hydrogens is 420 g/mol. The van der Waals surface area contributed by atoms with Gasteiger partial charge in [-0.3, -0.25) is 4.99 Å². The predicted molar refractivity (Wildman–Crippen MR) is 150 cm³/mol. The highest BCUT2D eigenvalue weighted by atomic mass is 16.5. The maximum atomic E-state index is 8.00. The molecule has 0 fully saturated rings. The number of aliphatic imine (C=N–C) groups is 1. The third-order valence-electron chi connectivity index (χ3n) is 5.72. The number of nitrogens with two attached hydrogens (primary N) is 2. The number of hydrogen-bond acceptors (Lipinski definition) is 5. The molecule has 34 heavy (non-hydrogen) atoms. The number of hydrogen-bond donors (Lipinski definition) is 3. The molecule has 1 aliphatic rings. The first-order valence-corrected chi connectivity index (χ1v) is 12.7. The molecule has 0 aliphatic heterocycles. The molecule has 2 rings (SSSR count). The van der Waals surface area contributed by atoms with Gasteiger partial charge in [0.2, 0.25) is 0 Å². The van der Waals surface area contributed by atoms with Crippen LogP contribution >= 0.6 is 0 Å². The summed E-state index contributed by atoms with van der Waals surface area (Å²) >= 11 is 0. The van der Waals surface area contributed by atoms with Gasteiger partial charge in [0.1, 0.15) is 0 Å². The third-order valence-corrected chi connectivity index (χ3v) is 5.72. The number of nitrogen functional groups attached to an aromatic ring is 1. The lowest BCUT2D eigenvalue weighted by Gasteiger charge is -2.27. The van der Waals surface area contributed by atoms with Crippen molar-refractivity contribution in [2.75, 3.05) is 26.0 Å². The summed E-state index contributed by atoms with van der Waals surface area (Å²) < 4.78 is 5.13. The molecule has 1 aliphatic carbocycles. The second-order valence-corrected chi connectivity index (χ2v) is 8.81. The van der Waals surface area contributed by atoms with Crippen molar-refractivity contribution in [1.82, 2.24) is 0 Å². The van der Waals surface area contributed by atoms with Gasteiger partial charge in [0.25, 0.3) is 0 Å². The van der Waals surface area contributed by atoms with Crippen molar-refractivity contribution >= 4 is 23.7 Å². The summed E-state index contributed by atoms with van der Waals surface area (Å²) in [7, 11) is 1.68. The molecule has 0 atom stereocenters. The van der Waals surface area contributed by atoms with Crippen molar-refractivity contribution in [3.8, 4) is 0 Å². The zero-order valence-electron chi connectivity index (χ0n) is 22.3. The van der Waals surface area contributed by atoms with E-state index in [4.69, 9.17) is 21.6 Å². The smallest absolute Gasteiger partial charge is 0.0658 e. The summed E-state index contributed by atoms with van der Waals surface area (Å²) in [5, 5.41) is 8.00. The lowest BCUT2D eigenvalue weighted by atomic mass is 9.78. The molecule has 0 aromatic heterocycles. The fourth-order valence-corrected chi connectivity index (χ4v) is 4.15. The fraction of sp³-hybridized carbons (Fsp3) is 0.517. The SMILES string of the molecule is CCC.CCC/C=C(C1=C(c2c(C)ccc(N)c2C=N)CCCC1)\C(C=NCCOC)=C(/C)N. The molecule has 1 aromatic carbocycles. The van der Waals surface area contributed by atoms with Gasteiger partial charge >= 0.3 is 0 Å². The zero-order valence-corrected chi connectivity index (χ0v) is 22.3. The maximum Gasteiger partial charge on any atom is 0.0658 e. The van der Waals surface area contributed by atoms with E-state index >= 15 is 0 Å². The summed E-state index contributed by atoms with van der Waals surface area (Å²) in [4.78, 5) is 4.56. The number of benzene rings is 1. The van der Waals surface area contributed by atoms with E-state index < -0.39 is 0 Å². The average Bonchev–Trinajstić information content (AvgIpc) is 2.82. The number of nitrogens with one attached hydrogen (secondary N) is 1. The molecule has 0 amide bonds. The van der Waals surface area contributed by atoms with E-state index in [0.717, 1.165) is 66.5 Å². The summed E-state index contributed by atoms with van der Waals surface area (Å²) in [5.41, 5.74) is 21.9. The number of unbranched alkanes of at least 4 members (excludes halogenated alkanes) is 1. The van der Waals surface area contributed by atoms with E-state index in [9.17, 15) is 0 Å². The summed E-state index contributed by atoms with van der Waals surface area (Å²) in [6.07, 6.45) is 13.1. The standard InChI is InChI=1S/C26H38N4O.C3H8/c1-5-6-9-21(24(19(3)28)17-30-14-15-31-4)20-10-7-8-11-22(20)26-18(2)12-13-25(29)23(26)16-27;1-3-2/h9,12-13,16-17,27H,5-8,10-11,14-15,28-29H2,1-4H3;3H2,1-2H3/b21-9-,24-19+,27-16?,30-17?;. The third kappa shape index (κ3) is 8.28. The maximum absolute atomic E-state index is 8.00. The Labute approximate surface area is 207 Å². The summed E-state index contributed by atoms with van der Waals surface area (Å²) in [5.74, 6) is 0. The lowest BCUT2D eigenvalue weighted by molar-refractivity contribution is 0.208. The first kappa shape index (κ1) is 29.4.